The summed E-state index contributed by atoms with van der Waals surface area (Å²) in [5.41, 5.74) is 0. The van der Waals surface area contributed by atoms with Gasteiger partial charge in [-0.3, -0.25) is 23.2 Å². The second-order valence-corrected chi connectivity index (χ2v) is 16.5. The number of phosphoric ester groups is 2. The Morgan fingerprint density at radius 3 is 1.83 bits per heavy atom. The maximum absolute atomic E-state index is 12.6. The lowest BCUT2D eigenvalue weighted by Gasteiger charge is -2.20. The van der Waals surface area contributed by atoms with E-state index in [1.165, 1.54) is 19.3 Å². The first-order valence-electron chi connectivity index (χ1n) is 20.2. The number of hydrogen-bond donors (Lipinski definition) is 6. The molecule has 0 heterocycles. The van der Waals surface area contributed by atoms with Crippen molar-refractivity contribution in [2.24, 2.45) is 5.92 Å². The van der Waals surface area contributed by atoms with Gasteiger partial charge >= 0.3 is 27.6 Å². The van der Waals surface area contributed by atoms with E-state index in [-0.39, 0.29) is 12.8 Å². The molecule has 334 valence electrons. The number of carbonyl (C=O) groups excluding carboxylic acids is 2. The van der Waals surface area contributed by atoms with Gasteiger partial charge in [-0.2, -0.15) is 0 Å². The first-order valence-corrected chi connectivity index (χ1v) is 23.3. The molecule has 0 saturated heterocycles. The quantitative estimate of drug-likeness (QED) is 0.0117. The maximum atomic E-state index is 12.6. The van der Waals surface area contributed by atoms with Gasteiger partial charge in [0, 0.05) is 12.8 Å². The lowest BCUT2D eigenvalue weighted by molar-refractivity contribution is -0.161. The summed E-state index contributed by atoms with van der Waals surface area (Å²) in [7, 11) is -9.74. The molecule has 0 fully saturated rings. The molecule has 0 aromatic rings. The Kier molecular flexibility index (Phi) is 33.7. The van der Waals surface area contributed by atoms with Crippen LogP contribution in [-0.4, -0.2) is 92.8 Å². The molecular formula is C41H70O15P2. The zero-order chi connectivity index (χ0) is 43.5. The van der Waals surface area contributed by atoms with Crippen LogP contribution in [0.5, 0.6) is 0 Å². The second kappa shape index (κ2) is 35.3. The first kappa shape index (κ1) is 55.5. The molecule has 0 aliphatic rings. The average Bonchev–Trinajstić information content (AvgIpc) is 3.17. The summed E-state index contributed by atoms with van der Waals surface area (Å²) in [6.07, 6.45) is 28.7. The molecule has 0 aromatic carbocycles. The number of rotatable bonds is 36. The van der Waals surface area contributed by atoms with Crippen LogP contribution in [0.4, 0.5) is 0 Å². The zero-order valence-corrected chi connectivity index (χ0v) is 36.3. The third-order valence-corrected chi connectivity index (χ3v) is 9.76. The molecular weight excluding hydrogens is 794 g/mol. The highest BCUT2D eigenvalue weighted by Gasteiger charge is 2.28. The predicted octanol–water partition coefficient (Wildman–Crippen LogP) is 7.63. The smallest absolute Gasteiger partial charge is 0.462 e. The summed E-state index contributed by atoms with van der Waals surface area (Å²) in [5, 5.41) is 29.7. The number of esters is 2. The van der Waals surface area contributed by atoms with Crippen LogP contribution in [0.25, 0.3) is 0 Å². The Hall–Kier alpha value is -2.52. The van der Waals surface area contributed by atoms with Crippen LogP contribution in [0.15, 0.2) is 72.9 Å². The molecule has 0 aliphatic carbocycles. The van der Waals surface area contributed by atoms with Crippen molar-refractivity contribution in [3.8, 4) is 0 Å². The largest absolute Gasteiger partial charge is 0.472 e. The molecule has 0 bridgehead atoms. The van der Waals surface area contributed by atoms with Crippen LogP contribution in [-0.2, 0) is 41.8 Å². The number of phosphoric acid groups is 2. The number of aliphatic hydroxyl groups is 3. The Morgan fingerprint density at radius 1 is 0.638 bits per heavy atom. The fourth-order valence-electron chi connectivity index (χ4n) is 4.82. The van der Waals surface area contributed by atoms with Crippen molar-refractivity contribution in [2.45, 2.75) is 141 Å². The van der Waals surface area contributed by atoms with Crippen LogP contribution in [0.3, 0.4) is 0 Å². The van der Waals surface area contributed by atoms with Gasteiger partial charge in [0.25, 0.3) is 0 Å². The highest BCUT2D eigenvalue weighted by molar-refractivity contribution is 7.47. The Balaban J connectivity index is 4.81. The molecule has 15 nitrogen and oxygen atoms in total. The fraction of sp³-hybridized carbons (Fsp3) is 0.659. The third-order valence-electron chi connectivity index (χ3n) is 8.32. The van der Waals surface area contributed by atoms with Gasteiger partial charge < -0.3 is 39.5 Å². The van der Waals surface area contributed by atoms with Crippen molar-refractivity contribution in [3.05, 3.63) is 72.9 Å². The molecule has 0 spiro atoms. The Morgan fingerprint density at radius 2 is 1.21 bits per heavy atom. The summed E-state index contributed by atoms with van der Waals surface area (Å²) < 4.78 is 47.5. The normalized spacial score (nSPS) is 16.5. The number of allylic oxidation sites excluding steroid dienone is 8. The molecule has 0 radical (unpaired) electrons. The van der Waals surface area contributed by atoms with Gasteiger partial charge in [-0.1, -0.05) is 139 Å². The lowest BCUT2D eigenvalue weighted by Crippen LogP contribution is -2.29. The van der Waals surface area contributed by atoms with E-state index < -0.39 is 78.4 Å². The number of hydrogen-bond acceptors (Lipinski definition) is 12. The van der Waals surface area contributed by atoms with Gasteiger partial charge in [0.05, 0.1) is 32.0 Å². The number of ether oxygens (including phenoxy) is 2. The SMILES string of the molecule is CC/C=C\C[C@H](O)/C=C/C=C\C=C\[C@H](O)C/C=C\C/C=C\CCC(=O)O[C@H](COC(=O)CCCCCCCCC(C)CC)COP(=O)(O)OC[C@@H](O)COP(=O)(O)O. The molecule has 17 heteroatoms. The molecule has 6 N–H and O–H groups in total. The molecule has 58 heavy (non-hydrogen) atoms. The predicted molar refractivity (Wildman–Crippen MR) is 223 cm³/mol. The third kappa shape index (κ3) is 37.7. The van der Waals surface area contributed by atoms with Crippen molar-refractivity contribution in [1.29, 1.82) is 0 Å². The number of aliphatic hydroxyl groups excluding tert-OH is 3. The van der Waals surface area contributed by atoms with Crippen LogP contribution < -0.4 is 0 Å². The second-order valence-electron chi connectivity index (χ2n) is 13.8. The zero-order valence-electron chi connectivity index (χ0n) is 34.5. The van der Waals surface area contributed by atoms with E-state index in [1.54, 1.807) is 42.5 Å². The monoisotopic (exact) mass is 864 g/mol. The van der Waals surface area contributed by atoms with Crippen molar-refractivity contribution >= 4 is 27.6 Å². The minimum absolute atomic E-state index is 0.0534. The standard InChI is InChI=1S/C41H70O15P2/c1-4-6-17-25-36(42)27-20-15-16-21-28-37(43)26-19-12-8-10-14-23-30-41(46)56-39(34-55-58(50,51)54-32-38(44)31-53-57(47,48)49)33-52-40(45)29-22-13-9-7-11-18-24-35(3)5-2/h6,10,12,14-17,19-21,27-28,35-39,42-44H,4-5,7-9,11,13,18,22-26,29-34H2,1-3H3,(H,50,51)(H2,47,48,49)/b14-10-,16-15-,17-6-,19-12-,27-20+,28-21+/t35?,36-,37+,38-,39+/m0/s1. The summed E-state index contributed by atoms with van der Waals surface area (Å²) in [5.74, 6) is -0.477. The highest BCUT2D eigenvalue weighted by atomic mass is 31.2. The van der Waals surface area contributed by atoms with Gasteiger partial charge in [-0.15, -0.1) is 0 Å². The Labute approximate surface area is 345 Å². The Bertz CT molecular complexity index is 1350. The van der Waals surface area contributed by atoms with Crippen LogP contribution >= 0.6 is 15.6 Å². The van der Waals surface area contributed by atoms with Gasteiger partial charge in [0.15, 0.2) is 6.10 Å². The van der Waals surface area contributed by atoms with Crippen molar-refractivity contribution in [3.63, 3.8) is 0 Å². The summed E-state index contributed by atoms with van der Waals surface area (Å²) in [6.45, 7) is 3.57. The molecule has 0 amide bonds. The number of unbranched alkanes of at least 4 members (excludes halogenated alkanes) is 5. The van der Waals surface area contributed by atoms with Crippen LogP contribution in [0.2, 0.25) is 0 Å². The van der Waals surface area contributed by atoms with E-state index in [0.29, 0.717) is 32.1 Å². The van der Waals surface area contributed by atoms with E-state index >= 15 is 0 Å². The lowest BCUT2D eigenvalue weighted by atomic mass is 10.00. The summed E-state index contributed by atoms with van der Waals surface area (Å²) in [6, 6.07) is 0. The summed E-state index contributed by atoms with van der Waals surface area (Å²) in [4.78, 5) is 52.5. The first-order chi connectivity index (χ1) is 27.6. The van der Waals surface area contributed by atoms with E-state index in [9.17, 15) is 38.9 Å². The highest BCUT2D eigenvalue weighted by Crippen LogP contribution is 2.43. The van der Waals surface area contributed by atoms with Gasteiger partial charge in [0.2, 0.25) is 0 Å². The average molecular weight is 865 g/mol. The minimum Gasteiger partial charge on any atom is -0.462 e. The van der Waals surface area contributed by atoms with Gasteiger partial charge in [-0.25, -0.2) is 9.13 Å². The van der Waals surface area contributed by atoms with Crippen molar-refractivity contribution in [2.75, 3.05) is 26.4 Å². The van der Waals surface area contributed by atoms with Gasteiger partial charge in [-0.05, 0) is 44.4 Å². The maximum Gasteiger partial charge on any atom is 0.472 e. The molecule has 0 rings (SSSR count). The van der Waals surface area contributed by atoms with Crippen molar-refractivity contribution < 1.29 is 71.8 Å². The van der Waals surface area contributed by atoms with E-state index in [2.05, 4.69) is 22.9 Å². The molecule has 0 aliphatic heterocycles. The molecule has 2 unspecified atom stereocenters. The van der Waals surface area contributed by atoms with Crippen LogP contribution in [0.1, 0.15) is 117 Å². The number of carbonyl (C=O) groups is 2. The summed E-state index contributed by atoms with van der Waals surface area (Å²) >= 11 is 0. The van der Waals surface area contributed by atoms with Crippen molar-refractivity contribution in [1.82, 2.24) is 0 Å². The fourth-order valence-corrected chi connectivity index (χ4v) is 5.97. The van der Waals surface area contributed by atoms with Crippen LogP contribution in [0, 0.1) is 5.92 Å². The molecule has 0 saturated carbocycles. The molecule has 0 aromatic heterocycles. The topological polar surface area (TPSA) is 236 Å². The van der Waals surface area contributed by atoms with Gasteiger partial charge in [0.1, 0.15) is 12.7 Å². The minimum atomic E-state index is -4.89. The van der Waals surface area contributed by atoms with E-state index in [0.717, 1.165) is 38.0 Å². The molecule has 6 atom stereocenters. The van der Waals surface area contributed by atoms with E-state index in [1.807, 2.05) is 37.3 Å². The van der Waals surface area contributed by atoms with E-state index in [4.69, 9.17) is 23.8 Å².